The number of benzene rings is 2. The van der Waals surface area contributed by atoms with Gasteiger partial charge in [0.2, 0.25) is 5.75 Å². The van der Waals surface area contributed by atoms with Gasteiger partial charge in [-0.05, 0) is 42.5 Å². The fourth-order valence-electron chi connectivity index (χ4n) is 2.55. The molecule has 0 aliphatic heterocycles. The minimum Gasteiger partial charge on any atom is -0.508 e. The van der Waals surface area contributed by atoms with Gasteiger partial charge in [0.05, 0.1) is 38.9 Å². The van der Waals surface area contributed by atoms with Crippen molar-refractivity contribution in [3.63, 3.8) is 0 Å². The van der Waals surface area contributed by atoms with E-state index < -0.39 is 0 Å². The fraction of sp³-hybridized carbons (Fsp3) is 0.167. The van der Waals surface area contributed by atoms with Crippen molar-refractivity contribution in [1.29, 1.82) is 0 Å². The molecule has 1 N–H and O–H groups in total. The van der Waals surface area contributed by atoms with Crippen LogP contribution in [0.1, 0.15) is 0 Å². The van der Waals surface area contributed by atoms with E-state index in [9.17, 15) is 5.11 Å². The van der Waals surface area contributed by atoms with Gasteiger partial charge in [0.15, 0.2) is 11.5 Å². The lowest BCUT2D eigenvalue weighted by atomic mass is 10.1. The lowest BCUT2D eigenvalue weighted by molar-refractivity contribution is 0.324. The summed E-state index contributed by atoms with van der Waals surface area (Å²) in [6.07, 6.45) is 1.71. The van der Waals surface area contributed by atoms with Crippen LogP contribution in [0.4, 0.5) is 0 Å². The predicted molar refractivity (Wildman–Crippen MR) is 90.3 cm³/mol. The minimum atomic E-state index is 0.209. The Balaban J connectivity index is 2.14. The molecule has 2 aromatic carbocycles. The van der Waals surface area contributed by atoms with Crippen molar-refractivity contribution in [2.75, 3.05) is 21.3 Å². The van der Waals surface area contributed by atoms with Crippen LogP contribution < -0.4 is 14.2 Å². The monoisotopic (exact) mass is 326 g/mol. The highest BCUT2D eigenvalue weighted by Gasteiger charge is 2.16. The van der Waals surface area contributed by atoms with Crippen molar-refractivity contribution in [2.24, 2.45) is 0 Å². The summed E-state index contributed by atoms with van der Waals surface area (Å²) < 4.78 is 18.0. The number of rotatable bonds is 5. The van der Waals surface area contributed by atoms with Gasteiger partial charge in [0.25, 0.3) is 0 Å². The van der Waals surface area contributed by atoms with Crippen molar-refractivity contribution in [3.05, 3.63) is 48.7 Å². The third-order valence-corrected chi connectivity index (χ3v) is 3.70. The molecule has 0 atom stereocenters. The van der Waals surface area contributed by atoms with Gasteiger partial charge < -0.3 is 19.3 Å². The molecular formula is C18H18N2O4. The van der Waals surface area contributed by atoms with Crippen LogP contribution in [-0.2, 0) is 0 Å². The molecule has 0 radical (unpaired) electrons. The first-order chi connectivity index (χ1) is 11.7. The quantitative estimate of drug-likeness (QED) is 0.779. The summed E-state index contributed by atoms with van der Waals surface area (Å²) in [6, 6.07) is 12.5. The van der Waals surface area contributed by atoms with E-state index in [0.29, 0.717) is 17.2 Å². The third-order valence-electron chi connectivity index (χ3n) is 3.70. The Kier molecular flexibility index (Phi) is 4.29. The summed E-state index contributed by atoms with van der Waals surface area (Å²) in [5.74, 6) is 1.90. The molecule has 1 heterocycles. The predicted octanol–water partition coefficient (Wildman–Crippen LogP) is 3.27. The largest absolute Gasteiger partial charge is 0.508 e. The van der Waals surface area contributed by atoms with E-state index >= 15 is 0 Å². The highest BCUT2D eigenvalue weighted by Crippen LogP contribution is 2.41. The van der Waals surface area contributed by atoms with Gasteiger partial charge >= 0.3 is 0 Å². The van der Waals surface area contributed by atoms with Crippen LogP contribution in [0.25, 0.3) is 16.9 Å². The number of nitrogens with zero attached hydrogens (tertiary/aromatic N) is 2. The number of hydrogen-bond acceptors (Lipinski definition) is 5. The number of aromatic hydroxyl groups is 1. The molecule has 0 amide bonds. The summed E-state index contributed by atoms with van der Waals surface area (Å²) in [5, 5.41) is 13.8. The van der Waals surface area contributed by atoms with E-state index in [1.165, 1.54) is 0 Å². The maximum atomic E-state index is 9.46. The Hall–Kier alpha value is -3.15. The average molecular weight is 326 g/mol. The number of phenolic OH excluding ortho intramolecular Hbond substituents is 1. The van der Waals surface area contributed by atoms with Crippen LogP contribution in [-0.4, -0.2) is 36.2 Å². The highest BCUT2D eigenvalue weighted by atomic mass is 16.5. The molecule has 0 aliphatic carbocycles. The number of phenols is 1. The van der Waals surface area contributed by atoms with E-state index in [4.69, 9.17) is 14.2 Å². The van der Waals surface area contributed by atoms with Crippen LogP contribution in [0.2, 0.25) is 0 Å². The maximum absolute atomic E-state index is 9.46. The molecule has 6 heteroatoms. The Morgan fingerprint density at radius 1 is 0.875 bits per heavy atom. The molecule has 0 spiro atoms. The zero-order valence-corrected chi connectivity index (χ0v) is 13.7. The van der Waals surface area contributed by atoms with E-state index in [0.717, 1.165) is 16.9 Å². The van der Waals surface area contributed by atoms with Crippen LogP contribution in [0.3, 0.4) is 0 Å². The maximum Gasteiger partial charge on any atom is 0.203 e. The normalized spacial score (nSPS) is 10.5. The Morgan fingerprint density at radius 3 is 2.04 bits per heavy atom. The first kappa shape index (κ1) is 15.7. The molecule has 3 aromatic rings. The summed E-state index contributed by atoms with van der Waals surface area (Å²) in [5.41, 5.74) is 2.57. The summed E-state index contributed by atoms with van der Waals surface area (Å²) in [6.45, 7) is 0. The Morgan fingerprint density at radius 2 is 1.50 bits per heavy atom. The molecule has 3 rings (SSSR count). The van der Waals surface area contributed by atoms with Gasteiger partial charge in [-0.3, -0.25) is 0 Å². The molecule has 124 valence electrons. The number of ether oxygens (including phenoxy) is 3. The molecule has 6 nitrogen and oxygen atoms in total. The zero-order valence-electron chi connectivity index (χ0n) is 13.7. The van der Waals surface area contributed by atoms with Crippen molar-refractivity contribution >= 4 is 0 Å². The topological polar surface area (TPSA) is 65.7 Å². The van der Waals surface area contributed by atoms with E-state index in [2.05, 4.69) is 5.10 Å². The van der Waals surface area contributed by atoms with Crippen molar-refractivity contribution in [3.8, 4) is 39.9 Å². The number of aromatic nitrogens is 2. The minimum absolute atomic E-state index is 0.209. The third kappa shape index (κ3) is 2.74. The van der Waals surface area contributed by atoms with Gasteiger partial charge in [-0.15, -0.1) is 0 Å². The second-order valence-corrected chi connectivity index (χ2v) is 5.06. The molecule has 24 heavy (non-hydrogen) atoms. The van der Waals surface area contributed by atoms with E-state index in [-0.39, 0.29) is 5.75 Å². The van der Waals surface area contributed by atoms with E-state index in [1.807, 2.05) is 18.2 Å². The van der Waals surface area contributed by atoms with Crippen LogP contribution in [0.15, 0.2) is 48.7 Å². The molecule has 1 aromatic heterocycles. The summed E-state index contributed by atoms with van der Waals surface area (Å²) in [4.78, 5) is 0. The smallest absolute Gasteiger partial charge is 0.203 e. The van der Waals surface area contributed by atoms with Crippen LogP contribution >= 0.6 is 0 Å². The molecule has 0 bridgehead atoms. The SMILES string of the molecule is COc1cc(-c2ccnn2-c2ccc(O)cc2)cc(OC)c1OC. The average Bonchev–Trinajstić information content (AvgIpc) is 3.10. The standard InChI is InChI=1S/C18H18N2O4/c1-22-16-10-12(11-17(23-2)18(16)24-3)15-8-9-19-20(15)13-4-6-14(21)7-5-13/h4-11,21H,1-3H3. The Bertz CT molecular complexity index is 815. The van der Waals surface area contributed by atoms with E-state index in [1.54, 1.807) is 56.5 Å². The summed E-state index contributed by atoms with van der Waals surface area (Å²) >= 11 is 0. The lowest BCUT2D eigenvalue weighted by Gasteiger charge is -2.15. The first-order valence-corrected chi connectivity index (χ1v) is 7.31. The van der Waals surface area contributed by atoms with Crippen molar-refractivity contribution in [1.82, 2.24) is 9.78 Å². The van der Waals surface area contributed by atoms with Crippen LogP contribution in [0, 0.1) is 0 Å². The number of hydrogen-bond donors (Lipinski definition) is 1. The molecule has 0 unspecified atom stereocenters. The lowest BCUT2D eigenvalue weighted by Crippen LogP contribution is -2.00. The fourth-order valence-corrected chi connectivity index (χ4v) is 2.55. The number of methoxy groups -OCH3 is 3. The second-order valence-electron chi connectivity index (χ2n) is 5.06. The summed E-state index contributed by atoms with van der Waals surface area (Å²) in [7, 11) is 4.73. The first-order valence-electron chi connectivity index (χ1n) is 7.31. The van der Waals surface area contributed by atoms with Gasteiger partial charge in [0, 0.05) is 5.56 Å². The van der Waals surface area contributed by atoms with Crippen molar-refractivity contribution in [2.45, 2.75) is 0 Å². The zero-order chi connectivity index (χ0) is 17.1. The van der Waals surface area contributed by atoms with Gasteiger partial charge in [-0.25, -0.2) is 4.68 Å². The van der Waals surface area contributed by atoms with Crippen LogP contribution in [0.5, 0.6) is 23.0 Å². The molecule has 0 aliphatic rings. The van der Waals surface area contributed by atoms with Crippen molar-refractivity contribution < 1.29 is 19.3 Å². The van der Waals surface area contributed by atoms with Gasteiger partial charge in [-0.2, -0.15) is 5.10 Å². The Labute approximate surface area is 139 Å². The van der Waals surface area contributed by atoms with Gasteiger partial charge in [0.1, 0.15) is 5.75 Å². The molecule has 0 saturated carbocycles. The highest BCUT2D eigenvalue weighted by molar-refractivity contribution is 5.70. The molecule has 0 fully saturated rings. The second kappa shape index (κ2) is 6.54. The molecular weight excluding hydrogens is 308 g/mol. The molecule has 0 saturated heterocycles. The van der Waals surface area contributed by atoms with Gasteiger partial charge in [-0.1, -0.05) is 0 Å².